The van der Waals surface area contributed by atoms with Gasteiger partial charge in [0.05, 0.1) is 18.8 Å². The number of carboxylic acid groups (broad SMARTS) is 1. The van der Waals surface area contributed by atoms with Crippen molar-refractivity contribution in [3.8, 4) is 0 Å². The highest BCUT2D eigenvalue weighted by molar-refractivity contribution is 5.88. The van der Waals surface area contributed by atoms with E-state index >= 15 is 0 Å². The van der Waals surface area contributed by atoms with Crippen LogP contribution in [0.3, 0.4) is 0 Å². The van der Waals surface area contributed by atoms with Gasteiger partial charge in [-0.1, -0.05) is 39.3 Å². The number of allylic oxidation sites excluding steroid dienone is 1. The number of hydrogen-bond acceptors (Lipinski definition) is 6. The van der Waals surface area contributed by atoms with Gasteiger partial charge in [0, 0.05) is 12.5 Å². The average Bonchev–Trinajstić information content (AvgIpc) is 3.12. The summed E-state index contributed by atoms with van der Waals surface area (Å²) in [6.45, 7) is 12.2. The third-order valence-electron chi connectivity index (χ3n) is 12.0. The van der Waals surface area contributed by atoms with Gasteiger partial charge in [-0.05, 0) is 110 Å². The summed E-state index contributed by atoms with van der Waals surface area (Å²) in [6, 6.07) is 0. The first-order valence-corrected chi connectivity index (χ1v) is 15.0. The Morgan fingerprint density at radius 3 is 2.36 bits per heavy atom. The molecule has 0 radical (unpaired) electrons. The molecule has 4 saturated carbocycles. The van der Waals surface area contributed by atoms with Crippen LogP contribution in [0.25, 0.3) is 0 Å². The Labute approximate surface area is 233 Å². The molecule has 220 valence electrons. The van der Waals surface area contributed by atoms with E-state index in [1.54, 1.807) is 0 Å². The standard InChI is InChI=1S/C32H50O7/c1-18(17-33)9-7-8-10-21(29(37)38)27-23-15-25(36)28-30(4)13-12-24(35)19(2)22(30)11-14-31(28,5)32(23,6)16-26(27)39-20(3)34/h9,19,22-26,28,33,35-36H,7-8,10-17H2,1-6H3,(H,37,38)/b18-9-,27-21-/t19-,22-,23-,24+,25+,26-,28-,30-,31-,32-/m0/s1. The van der Waals surface area contributed by atoms with Gasteiger partial charge in [0.15, 0.2) is 0 Å². The van der Waals surface area contributed by atoms with E-state index in [2.05, 4.69) is 27.7 Å². The van der Waals surface area contributed by atoms with Gasteiger partial charge in [0.1, 0.15) is 6.10 Å². The fourth-order valence-electron chi connectivity index (χ4n) is 9.98. The Morgan fingerprint density at radius 1 is 1.05 bits per heavy atom. The first-order chi connectivity index (χ1) is 18.2. The summed E-state index contributed by atoms with van der Waals surface area (Å²) in [5.74, 6) is -1.05. The van der Waals surface area contributed by atoms with Crippen molar-refractivity contribution in [2.24, 2.45) is 39.9 Å². The van der Waals surface area contributed by atoms with Gasteiger partial charge < -0.3 is 25.2 Å². The van der Waals surface area contributed by atoms with Crippen LogP contribution in [-0.4, -0.2) is 57.3 Å². The van der Waals surface area contributed by atoms with Gasteiger partial charge in [0.25, 0.3) is 0 Å². The summed E-state index contributed by atoms with van der Waals surface area (Å²) in [5, 5.41) is 42.3. The molecule has 0 aromatic rings. The number of rotatable bonds is 7. The predicted molar refractivity (Wildman–Crippen MR) is 149 cm³/mol. The lowest BCUT2D eigenvalue weighted by atomic mass is 9.36. The molecule has 39 heavy (non-hydrogen) atoms. The number of hydrogen-bond donors (Lipinski definition) is 4. The number of fused-ring (bicyclic) bond motifs is 5. The van der Waals surface area contributed by atoms with Crippen LogP contribution >= 0.6 is 0 Å². The Kier molecular flexibility index (Phi) is 8.49. The molecule has 0 saturated heterocycles. The molecule has 0 aromatic carbocycles. The van der Waals surface area contributed by atoms with Crippen molar-refractivity contribution in [2.45, 2.75) is 118 Å². The quantitative estimate of drug-likeness (QED) is 0.153. The Hall–Kier alpha value is -1.70. The SMILES string of the molecule is CC(=O)O[C@H]1C[C@@]2(C)[C@@H](C[C@@H](O)[C@H]3[C@@]4(C)CC[C@@H](O)[C@@H](C)[C@@H]4CC[C@@]32C)/C1=C(\CCC/C=C(/C)CO)C(=O)O. The molecule has 4 aliphatic rings. The summed E-state index contributed by atoms with van der Waals surface area (Å²) in [7, 11) is 0. The molecule has 0 aromatic heterocycles. The van der Waals surface area contributed by atoms with Crippen LogP contribution < -0.4 is 0 Å². The maximum absolute atomic E-state index is 12.7. The summed E-state index contributed by atoms with van der Waals surface area (Å²) >= 11 is 0. The van der Waals surface area contributed by atoms with Crippen LogP contribution in [0.4, 0.5) is 0 Å². The predicted octanol–water partition coefficient (Wildman–Crippen LogP) is 5.03. The van der Waals surface area contributed by atoms with E-state index in [4.69, 9.17) is 4.74 Å². The third kappa shape index (κ3) is 4.91. The van der Waals surface area contributed by atoms with Crippen LogP contribution in [0.15, 0.2) is 22.8 Å². The maximum Gasteiger partial charge on any atom is 0.331 e. The third-order valence-corrected chi connectivity index (χ3v) is 12.0. The minimum Gasteiger partial charge on any atom is -0.478 e. The lowest BCUT2D eigenvalue weighted by Crippen LogP contribution is -2.65. The molecule has 0 aliphatic heterocycles. The van der Waals surface area contributed by atoms with E-state index in [9.17, 15) is 30.0 Å². The summed E-state index contributed by atoms with van der Waals surface area (Å²) in [5.41, 5.74) is 1.14. The van der Waals surface area contributed by atoms with Gasteiger partial charge in [-0.25, -0.2) is 4.79 Å². The van der Waals surface area contributed by atoms with Gasteiger partial charge >= 0.3 is 11.9 Å². The Morgan fingerprint density at radius 2 is 1.74 bits per heavy atom. The zero-order valence-corrected chi connectivity index (χ0v) is 24.7. The van der Waals surface area contributed by atoms with Crippen LogP contribution in [0.1, 0.15) is 99.3 Å². The molecule has 0 heterocycles. The van der Waals surface area contributed by atoms with Crippen LogP contribution in [-0.2, 0) is 14.3 Å². The number of carboxylic acids is 1. The number of ether oxygens (including phenoxy) is 1. The molecule has 0 unspecified atom stereocenters. The first-order valence-electron chi connectivity index (χ1n) is 15.0. The lowest BCUT2D eigenvalue weighted by molar-refractivity contribution is -0.234. The van der Waals surface area contributed by atoms with Crippen LogP contribution in [0.5, 0.6) is 0 Å². The second-order valence-electron chi connectivity index (χ2n) is 13.9. The lowest BCUT2D eigenvalue weighted by Gasteiger charge is -2.69. The van der Waals surface area contributed by atoms with Gasteiger partial charge in [0.2, 0.25) is 0 Å². The highest BCUT2D eigenvalue weighted by atomic mass is 16.5. The minimum absolute atomic E-state index is 0.0169. The van der Waals surface area contributed by atoms with E-state index in [1.165, 1.54) is 6.92 Å². The van der Waals surface area contributed by atoms with E-state index < -0.39 is 24.1 Å². The van der Waals surface area contributed by atoms with Crippen molar-refractivity contribution in [1.82, 2.24) is 0 Å². The van der Waals surface area contributed by atoms with Gasteiger partial charge in [-0.3, -0.25) is 4.79 Å². The second-order valence-corrected chi connectivity index (χ2v) is 13.9. The highest BCUT2D eigenvalue weighted by Gasteiger charge is 2.70. The molecule has 4 aliphatic carbocycles. The first kappa shape index (κ1) is 30.3. The summed E-state index contributed by atoms with van der Waals surface area (Å²) in [6.07, 6.45) is 6.53. The second kappa shape index (κ2) is 10.9. The van der Waals surface area contributed by atoms with Crippen molar-refractivity contribution >= 4 is 11.9 Å². The molecule has 4 fully saturated rings. The number of esters is 1. The molecule has 4 rings (SSSR count). The normalized spacial score (nSPS) is 45.2. The van der Waals surface area contributed by atoms with Crippen LogP contribution in [0.2, 0.25) is 0 Å². The molecule has 4 N–H and O–H groups in total. The van der Waals surface area contributed by atoms with Crippen molar-refractivity contribution in [1.29, 1.82) is 0 Å². The largest absolute Gasteiger partial charge is 0.478 e. The number of aliphatic hydroxyl groups excluding tert-OH is 3. The molecule has 0 amide bonds. The average molecular weight is 547 g/mol. The highest BCUT2D eigenvalue weighted by Crippen LogP contribution is 2.74. The molecule has 7 nitrogen and oxygen atoms in total. The van der Waals surface area contributed by atoms with Crippen LogP contribution in [0, 0.1) is 39.9 Å². The summed E-state index contributed by atoms with van der Waals surface area (Å²) in [4.78, 5) is 24.9. The van der Waals surface area contributed by atoms with E-state index in [0.717, 1.165) is 31.3 Å². The monoisotopic (exact) mass is 546 g/mol. The number of aliphatic hydroxyl groups is 3. The van der Waals surface area contributed by atoms with Crippen molar-refractivity contribution in [2.75, 3.05) is 6.61 Å². The molecule has 7 heteroatoms. The minimum atomic E-state index is -0.984. The maximum atomic E-state index is 12.7. The zero-order chi connectivity index (χ0) is 28.9. The van der Waals surface area contributed by atoms with Gasteiger partial charge in [-0.15, -0.1) is 0 Å². The van der Waals surface area contributed by atoms with E-state index in [0.29, 0.717) is 49.2 Å². The number of carbonyl (C=O) groups excluding carboxylic acids is 1. The Bertz CT molecular complexity index is 1030. The molecular formula is C32H50O7. The van der Waals surface area contributed by atoms with Crippen molar-refractivity contribution in [3.05, 3.63) is 22.8 Å². The van der Waals surface area contributed by atoms with Crippen molar-refractivity contribution in [3.63, 3.8) is 0 Å². The van der Waals surface area contributed by atoms with Gasteiger partial charge in [-0.2, -0.15) is 0 Å². The fraction of sp³-hybridized carbons (Fsp3) is 0.812. The Balaban J connectivity index is 1.77. The van der Waals surface area contributed by atoms with E-state index in [1.807, 2.05) is 13.0 Å². The van der Waals surface area contributed by atoms with E-state index in [-0.39, 0.29) is 46.7 Å². The number of unbranched alkanes of at least 4 members (excludes halogenated alkanes) is 1. The molecule has 10 atom stereocenters. The number of aliphatic carboxylic acids is 1. The van der Waals surface area contributed by atoms with Crippen molar-refractivity contribution < 1.29 is 34.8 Å². The fourth-order valence-corrected chi connectivity index (χ4v) is 9.98. The molecular weight excluding hydrogens is 496 g/mol. The molecule has 0 bridgehead atoms. The topological polar surface area (TPSA) is 124 Å². The zero-order valence-electron chi connectivity index (χ0n) is 24.7. The summed E-state index contributed by atoms with van der Waals surface area (Å²) < 4.78 is 5.88. The number of carbonyl (C=O) groups is 2. The molecule has 0 spiro atoms. The smallest absolute Gasteiger partial charge is 0.331 e.